The lowest BCUT2D eigenvalue weighted by molar-refractivity contribution is -0.132. The fraction of sp³-hybridized carbons (Fsp3) is 0.500. The van der Waals surface area contributed by atoms with Crippen molar-refractivity contribution in [1.29, 1.82) is 0 Å². The van der Waals surface area contributed by atoms with Gasteiger partial charge in [0.15, 0.2) is 0 Å². The fourth-order valence-corrected chi connectivity index (χ4v) is 4.89. The zero-order valence-corrected chi connectivity index (χ0v) is 20.3. The average molecular weight is 476 g/mol. The monoisotopic (exact) mass is 475 g/mol. The number of hydrogen-bond donors (Lipinski definition) is 1. The van der Waals surface area contributed by atoms with Crippen molar-refractivity contribution in [3.05, 3.63) is 48.0 Å². The number of piperidine rings is 1. The van der Waals surface area contributed by atoms with Gasteiger partial charge in [-0.2, -0.15) is 0 Å². The van der Waals surface area contributed by atoms with Crippen LogP contribution >= 0.6 is 0 Å². The van der Waals surface area contributed by atoms with Gasteiger partial charge in [0.25, 0.3) is 5.91 Å². The molecule has 0 bridgehead atoms. The maximum absolute atomic E-state index is 12.8. The molecule has 2 amide bonds. The molecule has 3 aromatic heterocycles. The summed E-state index contributed by atoms with van der Waals surface area (Å²) in [5.41, 5.74) is 7.63. The zero-order chi connectivity index (χ0) is 24.4. The SMILES string of the molecule is CN(C(=O)CCCCn1ccc2ccc(C(N)=O)nc21)C1CCN(c2ncc(C3CC3)cn2)CC1. The summed E-state index contributed by atoms with van der Waals surface area (Å²) in [7, 11) is 1.93. The Morgan fingerprint density at radius 1 is 1.06 bits per heavy atom. The predicted octanol–water partition coefficient (Wildman–Crippen LogP) is 3.10. The molecule has 9 nitrogen and oxygen atoms in total. The Bertz CT molecular complexity index is 1190. The molecule has 1 saturated heterocycles. The Kier molecular flexibility index (Phi) is 6.66. The summed E-state index contributed by atoms with van der Waals surface area (Å²) in [6, 6.07) is 5.74. The predicted molar refractivity (Wildman–Crippen MR) is 134 cm³/mol. The lowest BCUT2D eigenvalue weighted by atomic mass is 10.0. The number of pyridine rings is 1. The normalized spacial score (nSPS) is 16.5. The second-order valence-corrected chi connectivity index (χ2v) is 9.75. The van der Waals surface area contributed by atoms with Crippen LogP contribution in [-0.2, 0) is 11.3 Å². The van der Waals surface area contributed by atoms with E-state index in [1.165, 1.54) is 18.4 Å². The van der Waals surface area contributed by atoms with Crippen LogP contribution in [0.3, 0.4) is 0 Å². The van der Waals surface area contributed by atoms with E-state index in [9.17, 15) is 9.59 Å². The number of aromatic nitrogens is 4. The van der Waals surface area contributed by atoms with Gasteiger partial charge in [-0.15, -0.1) is 0 Å². The summed E-state index contributed by atoms with van der Waals surface area (Å²) in [5, 5.41) is 0.974. The van der Waals surface area contributed by atoms with E-state index in [1.807, 2.05) is 47.2 Å². The third-order valence-electron chi connectivity index (χ3n) is 7.30. The highest BCUT2D eigenvalue weighted by atomic mass is 16.2. The van der Waals surface area contributed by atoms with Crippen LogP contribution in [0.5, 0.6) is 0 Å². The molecule has 2 aliphatic rings. The van der Waals surface area contributed by atoms with Gasteiger partial charge in [0.05, 0.1) is 0 Å². The molecule has 2 fully saturated rings. The number of primary amides is 1. The van der Waals surface area contributed by atoms with Gasteiger partial charge in [0, 0.05) is 63.1 Å². The number of hydrogen-bond acceptors (Lipinski definition) is 6. The second-order valence-electron chi connectivity index (χ2n) is 9.75. The highest BCUT2D eigenvalue weighted by Gasteiger charge is 2.27. The summed E-state index contributed by atoms with van der Waals surface area (Å²) in [6.07, 6.45) is 12.5. The van der Waals surface area contributed by atoms with Gasteiger partial charge in [-0.3, -0.25) is 9.59 Å². The van der Waals surface area contributed by atoms with Crippen LogP contribution in [0, 0.1) is 0 Å². The third kappa shape index (κ3) is 5.28. The van der Waals surface area contributed by atoms with Crippen LogP contribution in [0.1, 0.15) is 66.9 Å². The van der Waals surface area contributed by atoms with Crippen molar-refractivity contribution in [2.75, 3.05) is 25.0 Å². The summed E-state index contributed by atoms with van der Waals surface area (Å²) >= 11 is 0. The first-order valence-corrected chi connectivity index (χ1v) is 12.6. The van der Waals surface area contributed by atoms with E-state index < -0.39 is 5.91 Å². The van der Waals surface area contributed by atoms with E-state index in [4.69, 9.17) is 5.73 Å². The Morgan fingerprint density at radius 2 is 1.80 bits per heavy atom. The third-order valence-corrected chi connectivity index (χ3v) is 7.30. The summed E-state index contributed by atoms with van der Waals surface area (Å²) in [5.74, 6) is 1.14. The number of nitrogens with zero attached hydrogens (tertiary/aromatic N) is 6. The Labute approximate surface area is 205 Å². The summed E-state index contributed by atoms with van der Waals surface area (Å²) in [4.78, 5) is 41.9. The number of aryl methyl sites for hydroxylation is 1. The molecule has 0 radical (unpaired) electrons. The van der Waals surface area contributed by atoms with E-state index in [0.717, 1.165) is 62.3 Å². The van der Waals surface area contributed by atoms with E-state index in [1.54, 1.807) is 6.07 Å². The van der Waals surface area contributed by atoms with Crippen LogP contribution in [0.25, 0.3) is 11.0 Å². The first kappa shape index (κ1) is 23.3. The molecule has 1 aliphatic heterocycles. The largest absolute Gasteiger partial charge is 0.364 e. The molecule has 2 N–H and O–H groups in total. The molecule has 9 heteroatoms. The zero-order valence-electron chi connectivity index (χ0n) is 20.3. The number of fused-ring (bicyclic) bond motifs is 1. The van der Waals surface area contributed by atoms with Crippen LogP contribution in [0.2, 0.25) is 0 Å². The molecular weight excluding hydrogens is 442 g/mol. The van der Waals surface area contributed by atoms with Crippen molar-refractivity contribution < 1.29 is 9.59 Å². The highest BCUT2D eigenvalue weighted by Crippen LogP contribution is 2.39. The van der Waals surface area contributed by atoms with Crippen molar-refractivity contribution in [3.63, 3.8) is 0 Å². The molecule has 5 rings (SSSR count). The molecule has 0 aromatic carbocycles. The quantitative estimate of drug-likeness (QED) is 0.476. The van der Waals surface area contributed by atoms with Crippen LogP contribution in [0.4, 0.5) is 5.95 Å². The van der Waals surface area contributed by atoms with Gasteiger partial charge in [0.1, 0.15) is 11.3 Å². The van der Waals surface area contributed by atoms with Gasteiger partial charge in [-0.05, 0) is 68.2 Å². The summed E-state index contributed by atoms with van der Waals surface area (Å²) < 4.78 is 2.02. The minimum absolute atomic E-state index is 0.194. The van der Waals surface area contributed by atoms with Gasteiger partial charge < -0.3 is 20.1 Å². The number of nitrogens with two attached hydrogens (primary N) is 1. The molecule has 1 aliphatic carbocycles. The van der Waals surface area contributed by atoms with Crippen molar-refractivity contribution in [3.8, 4) is 0 Å². The van der Waals surface area contributed by atoms with Gasteiger partial charge >= 0.3 is 0 Å². The van der Waals surface area contributed by atoms with Crippen molar-refractivity contribution in [1.82, 2.24) is 24.4 Å². The average Bonchev–Trinajstić information content (AvgIpc) is 3.66. The van der Waals surface area contributed by atoms with E-state index in [0.29, 0.717) is 12.3 Å². The van der Waals surface area contributed by atoms with Gasteiger partial charge in [-0.25, -0.2) is 15.0 Å². The maximum Gasteiger partial charge on any atom is 0.267 e. The van der Waals surface area contributed by atoms with Crippen LogP contribution in [0.15, 0.2) is 36.8 Å². The van der Waals surface area contributed by atoms with Gasteiger partial charge in [0.2, 0.25) is 11.9 Å². The lowest BCUT2D eigenvalue weighted by Crippen LogP contribution is -2.46. The molecule has 35 heavy (non-hydrogen) atoms. The fourth-order valence-electron chi connectivity index (χ4n) is 4.89. The number of amides is 2. The number of anilines is 1. The second kappa shape index (κ2) is 10.0. The Balaban J connectivity index is 1.06. The van der Waals surface area contributed by atoms with Gasteiger partial charge in [-0.1, -0.05) is 0 Å². The first-order valence-electron chi connectivity index (χ1n) is 12.6. The standard InChI is InChI=1S/C26H33N7O2/c1-31(21-10-14-33(15-11-21)26-28-16-20(17-29-26)18-5-6-18)23(34)4-2-3-12-32-13-9-19-7-8-22(24(27)35)30-25(19)32/h7-9,13,16-18,21H,2-6,10-12,14-15H2,1H3,(H2,27,35). The molecule has 4 heterocycles. The molecule has 0 unspecified atom stereocenters. The molecule has 3 aromatic rings. The lowest BCUT2D eigenvalue weighted by Gasteiger charge is -2.36. The van der Waals surface area contributed by atoms with E-state index >= 15 is 0 Å². The summed E-state index contributed by atoms with van der Waals surface area (Å²) in [6.45, 7) is 2.48. The van der Waals surface area contributed by atoms with Crippen molar-refractivity contribution in [2.24, 2.45) is 5.73 Å². The molecule has 0 atom stereocenters. The first-order chi connectivity index (χ1) is 17.0. The molecule has 0 spiro atoms. The minimum Gasteiger partial charge on any atom is -0.364 e. The van der Waals surface area contributed by atoms with Crippen LogP contribution < -0.4 is 10.6 Å². The number of carbonyl (C=O) groups is 2. The van der Waals surface area contributed by atoms with Crippen LogP contribution in [-0.4, -0.2) is 62.4 Å². The number of carbonyl (C=O) groups excluding carboxylic acids is 2. The molecule has 184 valence electrons. The van der Waals surface area contributed by atoms with E-state index in [2.05, 4.69) is 19.9 Å². The topological polar surface area (TPSA) is 110 Å². The number of unbranched alkanes of at least 4 members (excludes halogenated alkanes) is 1. The van der Waals surface area contributed by atoms with E-state index in [-0.39, 0.29) is 17.6 Å². The maximum atomic E-state index is 12.8. The van der Waals surface area contributed by atoms with Crippen molar-refractivity contribution >= 4 is 28.8 Å². The molecule has 1 saturated carbocycles. The highest BCUT2D eigenvalue weighted by molar-refractivity contribution is 5.93. The number of rotatable bonds is 9. The minimum atomic E-state index is -0.530. The molecular formula is C26H33N7O2. The van der Waals surface area contributed by atoms with Crippen molar-refractivity contribution in [2.45, 2.75) is 63.5 Å². The Hall–Kier alpha value is -3.49. The smallest absolute Gasteiger partial charge is 0.267 e. The Morgan fingerprint density at radius 3 is 2.49 bits per heavy atom.